The Bertz CT molecular complexity index is 953. The number of nitrogens with zero attached hydrogens (tertiary/aromatic N) is 1. The van der Waals surface area contributed by atoms with Crippen LogP contribution in [0.3, 0.4) is 0 Å². The molecule has 0 bridgehead atoms. The number of aromatic nitrogens is 1. The number of rotatable bonds is 7. The van der Waals surface area contributed by atoms with Gasteiger partial charge in [-0.1, -0.05) is 48.0 Å². The first-order valence-electron chi connectivity index (χ1n) is 8.83. The number of hydrogen-bond donors (Lipinski definition) is 2. The molecule has 3 rings (SSSR count). The van der Waals surface area contributed by atoms with Gasteiger partial charge in [-0.15, -0.1) is 11.3 Å². The van der Waals surface area contributed by atoms with Gasteiger partial charge in [0, 0.05) is 35.9 Å². The summed E-state index contributed by atoms with van der Waals surface area (Å²) in [5, 5.41) is 8.80. The number of carbonyl (C=O) groups excluding carboxylic acids is 2. The highest BCUT2D eigenvalue weighted by molar-refractivity contribution is 7.14. The van der Waals surface area contributed by atoms with E-state index in [1.54, 1.807) is 0 Å². The van der Waals surface area contributed by atoms with Crippen molar-refractivity contribution in [2.75, 3.05) is 5.32 Å². The SMILES string of the molecule is CC(=O)NCc1ccc(-c2csc(NC(=O)CCc3ccc(Cl)cc3)n2)cc1. The van der Waals surface area contributed by atoms with Crippen molar-refractivity contribution in [1.82, 2.24) is 10.3 Å². The zero-order valence-corrected chi connectivity index (χ0v) is 16.9. The molecule has 2 aromatic carbocycles. The van der Waals surface area contributed by atoms with Gasteiger partial charge in [0.2, 0.25) is 11.8 Å². The number of thiazole rings is 1. The van der Waals surface area contributed by atoms with Crippen molar-refractivity contribution in [3.05, 3.63) is 70.1 Å². The second kappa shape index (κ2) is 9.48. The van der Waals surface area contributed by atoms with Crippen molar-refractivity contribution in [2.24, 2.45) is 0 Å². The zero-order valence-electron chi connectivity index (χ0n) is 15.4. The number of carbonyl (C=O) groups is 2. The molecule has 3 aromatic rings. The lowest BCUT2D eigenvalue weighted by molar-refractivity contribution is -0.119. The van der Waals surface area contributed by atoms with Gasteiger partial charge in [-0.05, 0) is 29.7 Å². The normalized spacial score (nSPS) is 10.5. The van der Waals surface area contributed by atoms with Gasteiger partial charge >= 0.3 is 0 Å². The number of benzene rings is 2. The lowest BCUT2D eigenvalue weighted by Gasteiger charge is -2.04. The number of amides is 2. The Morgan fingerprint density at radius 1 is 1.04 bits per heavy atom. The average Bonchev–Trinajstić information content (AvgIpc) is 3.14. The van der Waals surface area contributed by atoms with E-state index in [-0.39, 0.29) is 11.8 Å². The highest BCUT2D eigenvalue weighted by Crippen LogP contribution is 2.25. The number of halogens is 1. The first-order valence-corrected chi connectivity index (χ1v) is 10.1. The molecule has 2 N–H and O–H groups in total. The Morgan fingerprint density at radius 2 is 1.71 bits per heavy atom. The molecule has 0 radical (unpaired) electrons. The van der Waals surface area contributed by atoms with Crippen LogP contribution in [0.1, 0.15) is 24.5 Å². The largest absolute Gasteiger partial charge is 0.352 e. The molecule has 5 nitrogen and oxygen atoms in total. The fourth-order valence-corrected chi connectivity index (χ4v) is 3.44. The van der Waals surface area contributed by atoms with E-state index >= 15 is 0 Å². The maximum absolute atomic E-state index is 12.2. The summed E-state index contributed by atoms with van der Waals surface area (Å²) in [4.78, 5) is 27.6. The maximum Gasteiger partial charge on any atom is 0.226 e. The van der Waals surface area contributed by atoms with Crippen molar-refractivity contribution >= 4 is 39.9 Å². The standard InChI is InChI=1S/C21H20ClN3O2S/c1-14(26)23-12-16-2-7-17(8-3-16)19-13-28-21(24-19)25-20(27)11-6-15-4-9-18(22)10-5-15/h2-5,7-10,13H,6,11-12H2,1H3,(H,23,26)(H,24,25,27). The van der Waals surface area contributed by atoms with Gasteiger partial charge in [0.15, 0.2) is 5.13 Å². The van der Waals surface area contributed by atoms with E-state index in [9.17, 15) is 9.59 Å². The molecule has 1 heterocycles. The first-order chi connectivity index (χ1) is 13.5. The summed E-state index contributed by atoms with van der Waals surface area (Å²) in [6.45, 7) is 2.00. The van der Waals surface area contributed by atoms with E-state index in [4.69, 9.17) is 11.6 Å². The van der Waals surface area contributed by atoms with Crippen LogP contribution in [0.15, 0.2) is 53.9 Å². The van der Waals surface area contributed by atoms with Gasteiger partial charge in [0.25, 0.3) is 0 Å². The summed E-state index contributed by atoms with van der Waals surface area (Å²) in [5.41, 5.74) is 3.86. The van der Waals surface area contributed by atoms with E-state index in [0.29, 0.717) is 29.5 Å². The molecular formula is C21H20ClN3O2S. The minimum absolute atomic E-state index is 0.0555. The van der Waals surface area contributed by atoms with E-state index in [1.165, 1.54) is 18.3 Å². The summed E-state index contributed by atoms with van der Waals surface area (Å²) in [6, 6.07) is 15.3. The highest BCUT2D eigenvalue weighted by atomic mass is 35.5. The van der Waals surface area contributed by atoms with E-state index in [2.05, 4.69) is 15.6 Å². The quantitative estimate of drug-likeness (QED) is 0.591. The monoisotopic (exact) mass is 413 g/mol. The number of anilines is 1. The molecule has 0 spiro atoms. The molecule has 0 fully saturated rings. The van der Waals surface area contributed by atoms with Crippen LogP contribution < -0.4 is 10.6 Å². The van der Waals surface area contributed by atoms with Crippen molar-refractivity contribution in [2.45, 2.75) is 26.3 Å². The van der Waals surface area contributed by atoms with Gasteiger partial charge < -0.3 is 10.6 Å². The Labute approximate surface area is 172 Å². The van der Waals surface area contributed by atoms with Crippen molar-refractivity contribution in [1.29, 1.82) is 0 Å². The van der Waals surface area contributed by atoms with E-state index < -0.39 is 0 Å². The molecule has 144 valence electrons. The number of nitrogens with one attached hydrogen (secondary N) is 2. The topological polar surface area (TPSA) is 71.1 Å². The Kier molecular flexibility index (Phi) is 6.79. The van der Waals surface area contributed by atoms with Gasteiger partial charge in [0.05, 0.1) is 5.69 Å². The number of hydrogen-bond acceptors (Lipinski definition) is 4. The van der Waals surface area contributed by atoms with Crippen LogP contribution in [0.2, 0.25) is 5.02 Å². The second-order valence-electron chi connectivity index (χ2n) is 6.32. The fourth-order valence-electron chi connectivity index (χ4n) is 2.57. The molecule has 7 heteroatoms. The average molecular weight is 414 g/mol. The second-order valence-corrected chi connectivity index (χ2v) is 7.61. The minimum atomic E-state index is -0.0681. The third kappa shape index (κ3) is 5.90. The number of aryl methyl sites for hydroxylation is 1. The molecule has 0 atom stereocenters. The first kappa shape index (κ1) is 20.0. The Hall–Kier alpha value is -2.70. The van der Waals surface area contributed by atoms with Crippen LogP contribution in [-0.2, 0) is 22.6 Å². The van der Waals surface area contributed by atoms with Crippen molar-refractivity contribution in [3.63, 3.8) is 0 Å². The van der Waals surface area contributed by atoms with Crippen molar-refractivity contribution in [3.8, 4) is 11.3 Å². The third-order valence-corrected chi connectivity index (χ3v) is 5.11. The molecule has 0 aliphatic heterocycles. The highest BCUT2D eigenvalue weighted by Gasteiger charge is 2.09. The van der Waals surface area contributed by atoms with Crippen LogP contribution in [-0.4, -0.2) is 16.8 Å². The fraction of sp³-hybridized carbons (Fsp3) is 0.190. The van der Waals surface area contributed by atoms with Crippen LogP contribution in [0.5, 0.6) is 0 Å². The molecule has 0 aliphatic rings. The minimum Gasteiger partial charge on any atom is -0.352 e. The summed E-state index contributed by atoms with van der Waals surface area (Å²) >= 11 is 7.27. The van der Waals surface area contributed by atoms with Crippen molar-refractivity contribution < 1.29 is 9.59 Å². The zero-order chi connectivity index (χ0) is 19.9. The molecule has 28 heavy (non-hydrogen) atoms. The molecule has 0 saturated carbocycles. The van der Waals surface area contributed by atoms with Gasteiger partial charge in [-0.25, -0.2) is 4.98 Å². The van der Waals surface area contributed by atoms with Crippen LogP contribution >= 0.6 is 22.9 Å². The summed E-state index contributed by atoms with van der Waals surface area (Å²) in [6.07, 6.45) is 1.03. The van der Waals surface area contributed by atoms with Gasteiger partial charge in [-0.2, -0.15) is 0 Å². The Morgan fingerprint density at radius 3 is 2.39 bits per heavy atom. The molecule has 0 saturated heterocycles. The Balaban J connectivity index is 1.53. The molecule has 1 aromatic heterocycles. The van der Waals surface area contributed by atoms with Crippen LogP contribution in [0.25, 0.3) is 11.3 Å². The molecule has 2 amide bonds. The van der Waals surface area contributed by atoms with Crippen LogP contribution in [0.4, 0.5) is 5.13 Å². The predicted octanol–water partition coefficient (Wildman–Crippen LogP) is 4.67. The van der Waals surface area contributed by atoms with Gasteiger partial charge in [0.1, 0.15) is 0 Å². The molecule has 0 unspecified atom stereocenters. The lowest BCUT2D eigenvalue weighted by Crippen LogP contribution is -2.18. The van der Waals surface area contributed by atoms with E-state index in [1.807, 2.05) is 53.9 Å². The van der Waals surface area contributed by atoms with Crippen LogP contribution in [0, 0.1) is 0 Å². The summed E-state index contributed by atoms with van der Waals surface area (Å²) in [7, 11) is 0. The lowest BCUT2D eigenvalue weighted by atomic mass is 10.1. The summed E-state index contributed by atoms with van der Waals surface area (Å²) < 4.78 is 0. The maximum atomic E-state index is 12.2. The third-order valence-electron chi connectivity index (χ3n) is 4.10. The summed E-state index contributed by atoms with van der Waals surface area (Å²) in [5.74, 6) is -0.124. The predicted molar refractivity (Wildman–Crippen MR) is 113 cm³/mol. The molecule has 0 aliphatic carbocycles. The van der Waals surface area contributed by atoms with E-state index in [0.717, 1.165) is 22.4 Å². The van der Waals surface area contributed by atoms with Gasteiger partial charge in [-0.3, -0.25) is 9.59 Å². The smallest absolute Gasteiger partial charge is 0.226 e. The molecular weight excluding hydrogens is 394 g/mol.